The van der Waals surface area contributed by atoms with Gasteiger partial charge >= 0.3 is 11.9 Å². The van der Waals surface area contributed by atoms with Gasteiger partial charge in [-0.05, 0) is 150 Å². The molecule has 2 aliphatic rings. The Kier molecular flexibility index (Phi) is 31.4. The molecule has 496 valence electrons. The number of carbonyl (C=O) groups excluding carboxylic acids is 4. The van der Waals surface area contributed by atoms with Crippen LogP contribution in [0.25, 0.3) is 0 Å². The molecule has 2 heterocycles. The maximum absolute atomic E-state index is 13.8. The highest BCUT2D eigenvalue weighted by atomic mass is 16.5. The maximum Gasteiger partial charge on any atom is 0.311 e. The zero-order valence-electron chi connectivity index (χ0n) is 55.4. The molecule has 20 nitrogen and oxygen atoms in total. The molecule has 0 aliphatic carbocycles. The SMILES string of the molecule is CCCCN1C(C(=O)Nc2c(C)cccc2C)CCCC1c1ccc(OC(=O)CCC(C=NCCOCCOCC(C)(C)COCCOCCN=CC(CCC(=O)Oc2ccc(C3CCCC(C(=O)Nc4c(C)cccc4C)N3CCCC)cc2)=NN)=NN)cc1. The molecular weight excluding hydrogens is 1150 g/mol. The number of nitrogens with two attached hydrogens (primary N) is 2. The first-order valence-electron chi connectivity index (χ1n) is 32.8. The number of likely N-dealkylation sites (tertiary alicyclic amines) is 2. The van der Waals surface area contributed by atoms with Crippen molar-refractivity contribution >= 4 is 59.0 Å². The van der Waals surface area contributed by atoms with Crippen molar-refractivity contribution in [3.8, 4) is 11.5 Å². The van der Waals surface area contributed by atoms with Gasteiger partial charge in [-0.15, -0.1) is 0 Å². The summed E-state index contributed by atoms with van der Waals surface area (Å²) in [6.07, 6.45) is 13.2. The third-order valence-corrected chi connectivity index (χ3v) is 16.6. The van der Waals surface area contributed by atoms with E-state index >= 15 is 0 Å². The van der Waals surface area contributed by atoms with Crippen LogP contribution in [0.4, 0.5) is 11.4 Å². The molecule has 4 aromatic rings. The standard InChI is InChI=1S/C71H102N10O10/c1-9-11-39-80-61(21-15-23-63(80)69(84)76-67-51(3)17-13-18-52(67)4)55-25-31-59(32-26-55)90-65(82)35-29-57(78-72)47-74-37-41-86-43-45-88-49-71(7,8)50-89-46-44-87-42-38-75-48-58(79-73)30-36-66(83)91-60-33-27-56(28-34-60)62-22-16-24-64(81(62)40-12-10-2)70(85)77-68-53(5)19-14-20-54(68)6/h13-14,17-20,25-28,31-34,47-48,61-64H,9-12,15-16,21-24,29-30,35-46,49-50,72-73H2,1-8H3,(H,76,84)(H,77,85). The summed E-state index contributed by atoms with van der Waals surface area (Å²) in [7, 11) is 0. The van der Waals surface area contributed by atoms with Crippen LogP contribution in [0.2, 0.25) is 0 Å². The summed E-state index contributed by atoms with van der Waals surface area (Å²) in [5.74, 6) is 11.4. The minimum atomic E-state index is -0.406. The molecule has 91 heavy (non-hydrogen) atoms. The molecule has 6 N–H and O–H groups in total. The van der Waals surface area contributed by atoms with Crippen molar-refractivity contribution in [3.63, 3.8) is 0 Å². The van der Waals surface area contributed by atoms with Crippen LogP contribution in [0, 0.1) is 33.1 Å². The zero-order valence-corrected chi connectivity index (χ0v) is 55.4. The van der Waals surface area contributed by atoms with Gasteiger partial charge in [0, 0.05) is 54.1 Å². The normalized spacial score (nSPS) is 17.8. The molecule has 2 saturated heterocycles. The Bertz CT molecular complexity index is 2780. The minimum absolute atomic E-state index is 0.0334. The smallest absolute Gasteiger partial charge is 0.311 e. The molecule has 0 bridgehead atoms. The van der Waals surface area contributed by atoms with Crippen LogP contribution in [0.1, 0.15) is 163 Å². The topological polar surface area (TPSA) is 256 Å². The Morgan fingerprint density at radius 1 is 0.527 bits per heavy atom. The number of hydrogen-bond donors (Lipinski definition) is 4. The van der Waals surface area contributed by atoms with Gasteiger partial charge < -0.3 is 50.7 Å². The number of amides is 2. The monoisotopic (exact) mass is 1250 g/mol. The van der Waals surface area contributed by atoms with Crippen molar-refractivity contribution < 1.29 is 47.6 Å². The Morgan fingerprint density at radius 2 is 0.901 bits per heavy atom. The molecule has 4 aromatic carbocycles. The van der Waals surface area contributed by atoms with E-state index in [0.29, 0.717) is 88.9 Å². The second-order valence-corrected chi connectivity index (χ2v) is 24.5. The second-order valence-electron chi connectivity index (χ2n) is 24.5. The number of carbonyl (C=O) groups is 4. The molecule has 2 fully saturated rings. The van der Waals surface area contributed by atoms with Gasteiger partial charge in [-0.25, -0.2) is 0 Å². The number of hydrogen-bond acceptors (Lipinski definition) is 18. The molecule has 6 rings (SSSR count). The molecule has 0 saturated carbocycles. The van der Waals surface area contributed by atoms with E-state index in [4.69, 9.17) is 40.1 Å². The van der Waals surface area contributed by atoms with Crippen LogP contribution in [-0.4, -0.2) is 149 Å². The second kappa shape index (κ2) is 39.3. The molecule has 2 aliphatic heterocycles. The lowest BCUT2D eigenvalue weighted by Gasteiger charge is -2.42. The fourth-order valence-electron chi connectivity index (χ4n) is 11.5. The Hall–Kier alpha value is -7.20. The Morgan fingerprint density at radius 3 is 1.26 bits per heavy atom. The molecule has 4 unspecified atom stereocenters. The highest BCUT2D eigenvalue weighted by Crippen LogP contribution is 2.38. The lowest BCUT2D eigenvalue weighted by molar-refractivity contribution is -0.135. The number of ether oxygens (including phenoxy) is 6. The largest absolute Gasteiger partial charge is 0.427 e. The fourth-order valence-corrected chi connectivity index (χ4v) is 11.5. The average Bonchev–Trinajstić information content (AvgIpc) is 1.95. The number of anilines is 2. The molecular formula is C71H102N10O10. The van der Waals surface area contributed by atoms with Gasteiger partial charge in [-0.3, -0.25) is 39.0 Å². The number of esters is 2. The van der Waals surface area contributed by atoms with E-state index in [9.17, 15) is 19.2 Å². The maximum atomic E-state index is 13.8. The van der Waals surface area contributed by atoms with E-state index in [-0.39, 0.29) is 67.1 Å². The van der Waals surface area contributed by atoms with Crippen molar-refractivity contribution in [3.05, 3.63) is 118 Å². The summed E-state index contributed by atoms with van der Waals surface area (Å²) >= 11 is 0. The van der Waals surface area contributed by atoms with Gasteiger partial charge in [-0.2, -0.15) is 10.2 Å². The van der Waals surface area contributed by atoms with Gasteiger partial charge in [0.2, 0.25) is 11.8 Å². The van der Waals surface area contributed by atoms with E-state index in [1.54, 1.807) is 12.4 Å². The van der Waals surface area contributed by atoms with E-state index in [1.165, 1.54) is 0 Å². The highest BCUT2D eigenvalue weighted by Gasteiger charge is 2.37. The van der Waals surface area contributed by atoms with Crippen molar-refractivity contribution in [1.82, 2.24) is 9.80 Å². The predicted octanol–water partition coefficient (Wildman–Crippen LogP) is 11.5. The fraction of sp³-hybridized carbons (Fsp3) is 0.549. The van der Waals surface area contributed by atoms with Gasteiger partial charge in [0.15, 0.2) is 0 Å². The molecule has 0 spiro atoms. The van der Waals surface area contributed by atoms with E-state index in [0.717, 1.165) is 122 Å². The highest BCUT2D eigenvalue weighted by molar-refractivity contribution is 6.31. The summed E-state index contributed by atoms with van der Waals surface area (Å²) in [6, 6.07) is 27.1. The summed E-state index contributed by atoms with van der Waals surface area (Å²) in [5, 5.41) is 14.1. The third kappa shape index (κ3) is 24.4. The van der Waals surface area contributed by atoms with Crippen molar-refractivity contribution in [1.29, 1.82) is 0 Å². The van der Waals surface area contributed by atoms with Crippen molar-refractivity contribution in [2.45, 2.75) is 169 Å². The molecule has 0 radical (unpaired) electrons. The number of nitrogens with one attached hydrogen (secondary N) is 2. The number of aliphatic imine (C=N–C) groups is 2. The first-order valence-corrected chi connectivity index (χ1v) is 32.8. The number of nitrogens with zero attached hydrogens (tertiary/aromatic N) is 6. The van der Waals surface area contributed by atoms with Crippen LogP contribution in [0.5, 0.6) is 11.5 Å². The molecule has 20 heteroatoms. The van der Waals surface area contributed by atoms with Crippen molar-refractivity contribution in [2.75, 3.05) is 89.7 Å². The summed E-state index contributed by atoms with van der Waals surface area (Å²) in [5.41, 5.74) is 8.88. The third-order valence-electron chi connectivity index (χ3n) is 16.6. The van der Waals surface area contributed by atoms with Gasteiger partial charge in [0.05, 0.1) is 102 Å². The predicted molar refractivity (Wildman–Crippen MR) is 363 cm³/mol. The minimum Gasteiger partial charge on any atom is -0.427 e. The van der Waals surface area contributed by atoms with Crippen LogP contribution in [0.3, 0.4) is 0 Å². The Labute approximate surface area is 540 Å². The summed E-state index contributed by atoms with van der Waals surface area (Å²) in [4.78, 5) is 66.7. The molecule has 0 aromatic heterocycles. The van der Waals surface area contributed by atoms with Crippen LogP contribution < -0.4 is 31.8 Å². The van der Waals surface area contributed by atoms with Crippen LogP contribution >= 0.6 is 0 Å². The number of rotatable bonds is 38. The van der Waals surface area contributed by atoms with Crippen LogP contribution in [0.15, 0.2) is 105 Å². The Balaban J connectivity index is 0.771. The summed E-state index contributed by atoms with van der Waals surface area (Å²) < 4.78 is 34.5. The number of unbranched alkanes of at least 4 members (excludes halogenated alkanes) is 2. The van der Waals surface area contributed by atoms with Gasteiger partial charge in [-0.1, -0.05) is 101 Å². The lowest BCUT2D eigenvalue weighted by Crippen LogP contribution is -2.49. The first-order chi connectivity index (χ1) is 44.0. The summed E-state index contributed by atoms with van der Waals surface area (Å²) in [6.45, 7) is 22.3. The van der Waals surface area contributed by atoms with Gasteiger partial charge in [0.25, 0.3) is 0 Å². The van der Waals surface area contributed by atoms with Crippen molar-refractivity contribution in [2.24, 2.45) is 37.3 Å². The van der Waals surface area contributed by atoms with E-state index < -0.39 is 11.9 Å². The zero-order chi connectivity index (χ0) is 65.4. The number of para-hydroxylation sites is 2. The number of hydrazone groups is 2. The van der Waals surface area contributed by atoms with E-state index in [2.05, 4.69) is 68.3 Å². The number of benzene rings is 4. The average molecular weight is 1260 g/mol. The quantitative estimate of drug-likeness (QED) is 0.00813. The molecule has 4 atom stereocenters. The van der Waals surface area contributed by atoms with Crippen LogP contribution in [-0.2, 0) is 38.1 Å². The van der Waals surface area contributed by atoms with Gasteiger partial charge in [0.1, 0.15) is 11.5 Å². The first kappa shape index (κ1) is 72.9. The number of aryl methyl sites for hydroxylation is 4. The molecule has 2 amide bonds. The lowest BCUT2D eigenvalue weighted by atomic mass is 9.89. The number of piperidine rings is 2. The van der Waals surface area contributed by atoms with E-state index in [1.807, 2.05) is 113 Å².